The van der Waals surface area contributed by atoms with E-state index in [4.69, 9.17) is 5.11 Å². The van der Waals surface area contributed by atoms with Crippen LogP contribution in [0.25, 0.3) is 0 Å². The zero-order chi connectivity index (χ0) is 14.5. The summed E-state index contributed by atoms with van der Waals surface area (Å²) in [5, 5.41) is 15.1. The van der Waals surface area contributed by atoms with Crippen molar-refractivity contribution in [2.24, 2.45) is 5.92 Å². The molecule has 0 aliphatic carbocycles. The van der Waals surface area contributed by atoms with Crippen LogP contribution in [0.1, 0.15) is 29.6 Å². The van der Waals surface area contributed by atoms with Gasteiger partial charge in [0.2, 0.25) is 5.91 Å². The van der Waals surface area contributed by atoms with Crippen LogP contribution in [0.15, 0.2) is 18.2 Å². The fourth-order valence-electron chi connectivity index (χ4n) is 2.35. The van der Waals surface area contributed by atoms with Crippen LogP contribution in [-0.2, 0) is 4.79 Å². The number of carboxylic acids is 1. The number of carboxylic acid groups (broad SMARTS) is 1. The standard InChI is InChI=1S/C14H17IN2O3/c15-10-1-2-12(11(8-10)14(19)20)17-13(18)7-9-3-5-16-6-4-9/h1-2,8-9,16H,3-7H2,(H,17,18)(H,19,20). The van der Waals surface area contributed by atoms with Gasteiger partial charge in [0, 0.05) is 9.99 Å². The second kappa shape index (κ2) is 7.03. The molecule has 0 bridgehead atoms. The Hall–Kier alpha value is -1.15. The fourth-order valence-corrected chi connectivity index (χ4v) is 2.84. The second-order valence-electron chi connectivity index (χ2n) is 4.94. The summed E-state index contributed by atoms with van der Waals surface area (Å²) in [6, 6.07) is 4.99. The molecule has 0 spiro atoms. The molecule has 1 aliphatic rings. The Morgan fingerprint density at radius 1 is 1.35 bits per heavy atom. The van der Waals surface area contributed by atoms with Gasteiger partial charge < -0.3 is 15.7 Å². The third kappa shape index (κ3) is 4.17. The third-order valence-corrected chi connectivity index (χ3v) is 4.09. The van der Waals surface area contributed by atoms with Gasteiger partial charge in [-0.3, -0.25) is 4.79 Å². The molecule has 1 aromatic carbocycles. The van der Waals surface area contributed by atoms with Crippen molar-refractivity contribution in [1.82, 2.24) is 5.32 Å². The maximum atomic E-state index is 12.0. The molecule has 0 aromatic heterocycles. The van der Waals surface area contributed by atoms with Gasteiger partial charge in [0.1, 0.15) is 0 Å². The number of nitrogens with one attached hydrogen (secondary N) is 2. The molecule has 1 heterocycles. The van der Waals surface area contributed by atoms with Crippen molar-refractivity contribution in [2.75, 3.05) is 18.4 Å². The predicted octanol–water partition coefficient (Wildman–Crippen LogP) is 2.32. The van der Waals surface area contributed by atoms with Gasteiger partial charge >= 0.3 is 5.97 Å². The smallest absolute Gasteiger partial charge is 0.337 e. The van der Waals surface area contributed by atoms with E-state index >= 15 is 0 Å². The quantitative estimate of drug-likeness (QED) is 0.692. The zero-order valence-corrected chi connectivity index (χ0v) is 13.1. The fraction of sp³-hybridized carbons (Fsp3) is 0.429. The first-order valence-corrected chi connectivity index (χ1v) is 7.67. The Kier molecular flexibility index (Phi) is 5.36. The summed E-state index contributed by atoms with van der Waals surface area (Å²) in [6.45, 7) is 1.89. The Morgan fingerprint density at radius 3 is 2.70 bits per heavy atom. The van der Waals surface area contributed by atoms with Crippen LogP contribution in [0.5, 0.6) is 0 Å². The molecule has 1 fully saturated rings. The van der Waals surface area contributed by atoms with E-state index in [0.717, 1.165) is 29.5 Å². The van der Waals surface area contributed by atoms with E-state index in [1.165, 1.54) is 0 Å². The normalized spacial score (nSPS) is 15.8. The molecular formula is C14H17IN2O3. The van der Waals surface area contributed by atoms with Gasteiger partial charge in [-0.25, -0.2) is 4.79 Å². The first kappa shape index (κ1) is 15.2. The Labute approximate surface area is 131 Å². The third-order valence-electron chi connectivity index (χ3n) is 3.42. The lowest BCUT2D eigenvalue weighted by molar-refractivity contribution is -0.117. The van der Waals surface area contributed by atoms with Crippen molar-refractivity contribution in [3.8, 4) is 0 Å². The highest BCUT2D eigenvalue weighted by Gasteiger charge is 2.18. The minimum atomic E-state index is -1.03. The van der Waals surface area contributed by atoms with E-state index in [-0.39, 0.29) is 11.5 Å². The predicted molar refractivity (Wildman–Crippen MR) is 85.0 cm³/mol. The van der Waals surface area contributed by atoms with Gasteiger partial charge in [-0.1, -0.05) is 0 Å². The molecule has 0 atom stereocenters. The Bertz CT molecular complexity index is 513. The van der Waals surface area contributed by atoms with E-state index in [9.17, 15) is 9.59 Å². The molecule has 2 rings (SSSR count). The molecular weight excluding hydrogens is 371 g/mol. The number of benzene rings is 1. The van der Waals surface area contributed by atoms with Crippen molar-refractivity contribution in [3.63, 3.8) is 0 Å². The average molecular weight is 388 g/mol. The minimum absolute atomic E-state index is 0.111. The number of amides is 1. The molecule has 3 N–H and O–H groups in total. The average Bonchev–Trinajstić information content (AvgIpc) is 2.41. The van der Waals surface area contributed by atoms with E-state index in [0.29, 0.717) is 18.0 Å². The van der Waals surface area contributed by atoms with Crippen molar-refractivity contribution in [1.29, 1.82) is 0 Å². The van der Waals surface area contributed by atoms with Crippen LogP contribution in [0.2, 0.25) is 0 Å². The van der Waals surface area contributed by atoms with Gasteiger partial charge in [-0.15, -0.1) is 0 Å². The first-order chi connectivity index (χ1) is 9.56. The van der Waals surface area contributed by atoms with Crippen molar-refractivity contribution < 1.29 is 14.7 Å². The number of carbonyl (C=O) groups is 2. The molecule has 1 saturated heterocycles. The maximum Gasteiger partial charge on any atom is 0.337 e. The van der Waals surface area contributed by atoms with E-state index in [2.05, 4.69) is 33.2 Å². The molecule has 6 heteroatoms. The van der Waals surface area contributed by atoms with Crippen molar-refractivity contribution >= 4 is 40.2 Å². The largest absolute Gasteiger partial charge is 0.478 e. The maximum absolute atomic E-state index is 12.0. The number of hydrogen-bond donors (Lipinski definition) is 3. The summed E-state index contributed by atoms with van der Waals surface area (Å²) in [5.41, 5.74) is 0.507. The van der Waals surface area contributed by atoms with Gasteiger partial charge in [-0.05, 0) is 72.6 Å². The number of rotatable bonds is 4. The summed E-state index contributed by atoms with van der Waals surface area (Å²) in [7, 11) is 0. The number of halogens is 1. The molecule has 0 saturated carbocycles. The molecule has 20 heavy (non-hydrogen) atoms. The van der Waals surface area contributed by atoms with Gasteiger partial charge in [0.25, 0.3) is 0 Å². The van der Waals surface area contributed by atoms with E-state index < -0.39 is 5.97 Å². The molecule has 1 aromatic rings. The number of anilines is 1. The van der Waals surface area contributed by atoms with E-state index in [1.54, 1.807) is 18.2 Å². The lowest BCUT2D eigenvalue weighted by Crippen LogP contribution is -2.30. The Balaban J connectivity index is 2.01. The van der Waals surface area contributed by atoms with E-state index in [1.807, 2.05) is 0 Å². The molecule has 1 amide bonds. The molecule has 108 valence electrons. The van der Waals surface area contributed by atoms with Crippen molar-refractivity contribution in [3.05, 3.63) is 27.3 Å². The summed E-state index contributed by atoms with van der Waals surface area (Å²) in [4.78, 5) is 23.2. The van der Waals surface area contributed by atoms with Crippen LogP contribution in [0, 0.1) is 9.49 Å². The van der Waals surface area contributed by atoms with Gasteiger partial charge in [0.15, 0.2) is 0 Å². The summed E-state index contributed by atoms with van der Waals surface area (Å²) >= 11 is 2.05. The van der Waals surface area contributed by atoms with Crippen LogP contribution in [-0.4, -0.2) is 30.1 Å². The summed E-state index contributed by atoms with van der Waals surface area (Å²) in [6.07, 6.45) is 2.44. The SMILES string of the molecule is O=C(CC1CCNCC1)Nc1ccc(I)cc1C(=O)O. The summed E-state index contributed by atoms with van der Waals surface area (Å²) < 4.78 is 0.830. The number of aromatic carboxylic acids is 1. The van der Waals surface area contributed by atoms with Crippen LogP contribution >= 0.6 is 22.6 Å². The minimum Gasteiger partial charge on any atom is -0.478 e. The monoisotopic (exact) mass is 388 g/mol. The zero-order valence-electron chi connectivity index (χ0n) is 11.0. The highest BCUT2D eigenvalue weighted by molar-refractivity contribution is 14.1. The lowest BCUT2D eigenvalue weighted by Gasteiger charge is -2.22. The number of piperidine rings is 1. The molecule has 5 nitrogen and oxygen atoms in total. The Morgan fingerprint density at radius 2 is 2.05 bits per heavy atom. The highest BCUT2D eigenvalue weighted by atomic mass is 127. The summed E-state index contributed by atoms with van der Waals surface area (Å²) in [5.74, 6) is -0.755. The number of carbonyl (C=O) groups excluding carboxylic acids is 1. The molecule has 0 radical (unpaired) electrons. The first-order valence-electron chi connectivity index (χ1n) is 6.59. The molecule has 1 aliphatic heterocycles. The van der Waals surface area contributed by atoms with Crippen LogP contribution in [0.3, 0.4) is 0 Å². The van der Waals surface area contributed by atoms with Crippen molar-refractivity contribution in [2.45, 2.75) is 19.3 Å². The van der Waals surface area contributed by atoms with Gasteiger partial charge in [0.05, 0.1) is 11.3 Å². The van der Waals surface area contributed by atoms with Crippen LogP contribution < -0.4 is 10.6 Å². The molecule has 0 unspecified atom stereocenters. The lowest BCUT2D eigenvalue weighted by atomic mass is 9.94. The highest BCUT2D eigenvalue weighted by Crippen LogP contribution is 2.21. The number of hydrogen-bond acceptors (Lipinski definition) is 3. The van der Waals surface area contributed by atoms with Gasteiger partial charge in [-0.2, -0.15) is 0 Å². The van der Waals surface area contributed by atoms with Crippen LogP contribution in [0.4, 0.5) is 5.69 Å². The second-order valence-corrected chi connectivity index (χ2v) is 6.19. The topological polar surface area (TPSA) is 78.4 Å².